The van der Waals surface area contributed by atoms with E-state index in [2.05, 4.69) is 5.32 Å². The molecule has 0 aromatic heterocycles. The van der Waals surface area contributed by atoms with Gasteiger partial charge in [-0.3, -0.25) is 9.10 Å². The van der Waals surface area contributed by atoms with Gasteiger partial charge in [-0.2, -0.15) is 0 Å². The average molecular weight is 423 g/mol. The molecule has 0 saturated carbocycles. The number of anilines is 1. The highest BCUT2D eigenvalue weighted by Crippen LogP contribution is 2.33. The van der Waals surface area contributed by atoms with Crippen LogP contribution < -0.4 is 23.8 Å². The van der Waals surface area contributed by atoms with E-state index in [-0.39, 0.29) is 11.7 Å². The second-order valence-electron chi connectivity index (χ2n) is 6.37. The Morgan fingerprint density at radius 1 is 1.00 bits per heavy atom. The Morgan fingerprint density at radius 3 is 2.10 bits per heavy atom. The minimum Gasteiger partial charge on any atom is -0.497 e. The van der Waals surface area contributed by atoms with Gasteiger partial charge in [-0.15, -0.1) is 0 Å². The molecule has 0 heterocycles. The van der Waals surface area contributed by atoms with Gasteiger partial charge in [0.2, 0.25) is 15.9 Å². The molecule has 1 amide bonds. The number of sulfonamides is 1. The Hall–Kier alpha value is -2.94. The number of hydrogen-bond donors (Lipinski definition) is 1. The number of hydrogen-bond acceptors (Lipinski definition) is 6. The summed E-state index contributed by atoms with van der Waals surface area (Å²) in [4.78, 5) is 12.6. The second kappa shape index (κ2) is 9.51. The van der Waals surface area contributed by atoms with Gasteiger partial charge in [0.25, 0.3) is 0 Å². The molecule has 29 heavy (non-hydrogen) atoms. The predicted molar refractivity (Wildman–Crippen MR) is 111 cm³/mol. The number of nitrogens with one attached hydrogen (secondary N) is 1. The first-order chi connectivity index (χ1) is 13.7. The summed E-state index contributed by atoms with van der Waals surface area (Å²) >= 11 is 0. The molecule has 2 aromatic carbocycles. The van der Waals surface area contributed by atoms with Crippen LogP contribution in [0, 0.1) is 0 Å². The monoisotopic (exact) mass is 422 g/mol. The number of carbonyl (C=O) groups is 1. The third-order valence-electron chi connectivity index (χ3n) is 4.34. The number of amides is 1. The van der Waals surface area contributed by atoms with Crippen LogP contribution >= 0.6 is 0 Å². The summed E-state index contributed by atoms with van der Waals surface area (Å²) in [6.07, 6.45) is 1.03. The van der Waals surface area contributed by atoms with Crippen molar-refractivity contribution in [2.45, 2.75) is 13.0 Å². The van der Waals surface area contributed by atoms with E-state index < -0.39 is 22.5 Å². The Labute approximate surface area is 171 Å². The molecule has 0 saturated heterocycles. The van der Waals surface area contributed by atoms with Gasteiger partial charge >= 0.3 is 0 Å². The first kappa shape index (κ1) is 22.4. The van der Waals surface area contributed by atoms with E-state index in [1.54, 1.807) is 31.4 Å². The maximum Gasteiger partial charge on any atom is 0.241 e. The summed E-state index contributed by atoms with van der Waals surface area (Å²) in [5.41, 5.74) is 1.09. The fourth-order valence-electron chi connectivity index (χ4n) is 2.77. The van der Waals surface area contributed by atoms with Gasteiger partial charge in [0, 0.05) is 6.07 Å². The third kappa shape index (κ3) is 5.77. The summed E-state index contributed by atoms with van der Waals surface area (Å²) in [6, 6.07) is 11.7. The molecule has 1 atom stereocenters. The smallest absolute Gasteiger partial charge is 0.241 e. The van der Waals surface area contributed by atoms with Crippen LogP contribution in [0.2, 0.25) is 0 Å². The van der Waals surface area contributed by atoms with Crippen molar-refractivity contribution in [3.05, 3.63) is 48.0 Å². The van der Waals surface area contributed by atoms with E-state index in [0.717, 1.165) is 16.1 Å². The highest BCUT2D eigenvalue weighted by Gasteiger charge is 2.25. The van der Waals surface area contributed by atoms with E-state index >= 15 is 0 Å². The Kier molecular flexibility index (Phi) is 7.33. The van der Waals surface area contributed by atoms with Crippen LogP contribution in [0.4, 0.5) is 5.69 Å². The van der Waals surface area contributed by atoms with Crippen molar-refractivity contribution in [2.75, 3.05) is 38.4 Å². The Morgan fingerprint density at radius 2 is 1.59 bits per heavy atom. The fourth-order valence-corrected chi connectivity index (χ4v) is 3.62. The molecule has 0 unspecified atom stereocenters. The molecule has 0 spiro atoms. The van der Waals surface area contributed by atoms with E-state index in [9.17, 15) is 13.2 Å². The lowest BCUT2D eigenvalue weighted by Gasteiger charge is -2.25. The predicted octanol–water partition coefficient (Wildman–Crippen LogP) is 2.36. The summed E-state index contributed by atoms with van der Waals surface area (Å²) in [7, 11) is 0.717. The first-order valence-electron chi connectivity index (χ1n) is 8.82. The van der Waals surface area contributed by atoms with Crippen molar-refractivity contribution in [1.29, 1.82) is 0 Å². The molecule has 0 radical (unpaired) electrons. The molecule has 2 aromatic rings. The molecule has 2 rings (SSSR count). The van der Waals surface area contributed by atoms with Gasteiger partial charge in [-0.25, -0.2) is 8.42 Å². The fraction of sp³-hybridized carbons (Fsp3) is 0.350. The van der Waals surface area contributed by atoms with Gasteiger partial charge in [-0.05, 0) is 36.8 Å². The summed E-state index contributed by atoms with van der Waals surface area (Å²) in [6.45, 7) is 1.42. The maximum absolute atomic E-state index is 12.6. The first-order valence-corrected chi connectivity index (χ1v) is 10.7. The lowest BCUT2D eigenvalue weighted by molar-refractivity contribution is -0.120. The zero-order valence-corrected chi connectivity index (χ0v) is 17.9. The molecular formula is C20H26N2O6S. The topological polar surface area (TPSA) is 94.2 Å². The van der Waals surface area contributed by atoms with E-state index in [1.807, 2.05) is 19.1 Å². The number of nitrogens with zero attached hydrogens (tertiary/aromatic N) is 1. The van der Waals surface area contributed by atoms with Crippen LogP contribution in [-0.4, -0.2) is 48.5 Å². The molecule has 0 aliphatic rings. The minimum atomic E-state index is -3.76. The largest absolute Gasteiger partial charge is 0.497 e. The standard InChI is InChI=1S/C20H26N2O6S/c1-14(15-6-8-16(26-2)9-7-15)21-20(23)13-22(29(5,24)25)18-12-17(27-3)10-11-19(18)28-4/h6-12,14H,13H2,1-5H3,(H,21,23)/t14-/m1/s1. The van der Waals surface area contributed by atoms with Crippen LogP contribution in [0.25, 0.3) is 0 Å². The van der Waals surface area contributed by atoms with Crippen LogP contribution in [0.3, 0.4) is 0 Å². The highest BCUT2D eigenvalue weighted by atomic mass is 32.2. The highest BCUT2D eigenvalue weighted by molar-refractivity contribution is 7.92. The molecule has 1 N–H and O–H groups in total. The number of ether oxygens (including phenoxy) is 3. The van der Waals surface area contributed by atoms with Gasteiger partial charge in [0.1, 0.15) is 23.8 Å². The Balaban J connectivity index is 2.23. The second-order valence-corrected chi connectivity index (χ2v) is 8.28. The number of methoxy groups -OCH3 is 3. The molecule has 0 aliphatic heterocycles. The molecular weight excluding hydrogens is 396 g/mol. The quantitative estimate of drug-likeness (QED) is 0.667. The van der Waals surface area contributed by atoms with Crippen molar-refractivity contribution < 1.29 is 27.4 Å². The zero-order chi connectivity index (χ0) is 21.6. The van der Waals surface area contributed by atoms with Crippen molar-refractivity contribution in [3.63, 3.8) is 0 Å². The van der Waals surface area contributed by atoms with Crippen LogP contribution in [-0.2, 0) is 14.8 Å². The van der Waals surface area contributed by atoms with Crippen molar-refractivity contribution >= 4 is 21.6 Å². The molecule has 0 aliphatic carbocycles. The molecule has 9 heteroatoms. The van der Waals surface area contributed by atoms with Crippen LogP contribution in [0.5, 0.6) is 17.2 Å². The maximum atomic E-state index is 12.6. The minimum absolute atomic E-state index is 0.224. The average Bonchev–Trinajstić information content (AvgIpc) is 2.70. The summed E-state index contributed by atoms with van der Waals surface area (Å²) < 4.78 is 41.4. The third-order valence-corrected chi connectivity index (χ3v) is 5.46. The summed E-state index contributed by atoms with van der Waals surface area (Å²) in [5, 5.41) is 2.81. The van der Waals surface area contributed by atoms with Crippen molar-refractivity contribution in [1.82, 2.24) is 5.32 Å². The van der Waals surface area contributed by atoms with Gasteiger partial charge in [0.15, 0.2) is 0 Å². The number of benzene rings is 2. The molecule has 8 nitrogen and oxygen atoms in total. The van der Waals surface area contributed by atoms with Crippen molar-refractivity contribution in [3.8, 4) is 17.2 Å². The van der Waals surface area contributed by atoms with E-state index in [0.29, 0.717) is 17.2 Å². The summed E-state index contributed by atoms with van der Waals surface area (Å²) in [5.74, 6) is 1.01. The van der Waals surface area contributed by atoms with Gasteiger partial charge in [-0.1, -0.05) is 12.1 Å². The molecule has 0 bridgehead atoms. The van der Waals surface area contributed by atoms with Crippen LogP contribution in [0.15, 0.2) is 42.5 Å². The van der Waals surface area contributed by atoms with Crippen molar-refractivity contribution in [2.24, 2.45) is 0 Å². The molecule has 0 fully saturated rings. The van der Waals surface area contributed by atoms with Crippen LogP contribution in [0.1, 0.15) is 18.5 Å². The lowest BCUT2D eigenvalue weighted by atomic mass is 10.1. The number of rotatable bonds is 9. The van der Waals surface area contributed by atoms with E-state index in [4.69, 9.17) is 14.2 Å². The van der Waals surface area contributed by atoms with E-state index in [1.165, 1.54) is 20.3 Å². The Bertz CT molecular complexity index is 944. The normalized spacial score (nSPS) is 12.0. The zero-order valence-electron chi connectivity index (χ0n) is 17.1. The lowest BCUT2D eigenvalue weighted by Crippen LogP contribution is -2.41. The molecule has 158 valence electrons. The number of carbonyl (C=O) groups excluding carboxylic acids is 1. The van der Waals surface area contributed by atoms with Gasteiger partial charge in [0.05, 0.1) is 39.3 Å². The van der Waals surface area contributed by atoms with Gasteiger partial charge < -0.3 is 19.5 Å². The SMILES string of the molecule is COc1ccc([C@@H](C)NC(=O)CN(c2cc(OC)ccc2OC)S(C)(=O)=O)cc1.